The van der Waals surface area contributed by atoms with Gasteiger partial charge in [-0.3, -0.25) is 14.4 Å². The second-order valence-electron chi connectivity index (χ2n) is 23.4. The van der Waals surface area contributed by atoms with Gasteiger partial charge in [0.15, 0.2) is 6.10 Å². The molecule has 452 valence electrons. The Morgan fingerprint density at radius 1 is 0.260 bits per heavy atom. The summed E-state index contributed by atoms with van der Waals surface area (Å²) < 4.78 is 17.0. The Hall–Kier alpha value is -2.37. The monoisotopic (exact) mass is 1080 g/mol. The standard InChI is InChI=1S/C71H132O6/c1-4-7-10-13-16-19-22-25-28-31-33-34-35-36-37-39-40-43-46-49-52-55-58-61-64-70(73)76-67-68(66-75-69(72)63-60-57-54-51-48-45-42-30-27-24-21-18-15-12-9-6-3)77-71(74)65-62-59-56-53-50-47-44-41-38-32-29-26-23-20-17-14-11-8-5-2/h17,20,26,29-30,42,68H,4-16,18-19,21-25,27-28,31-41,43-67H2,1-3H3/b20-17-,29-26-,42-30-. The van der Waals surface area contributed by atoms with Crippen molar-refractivity contribution in [3.05, 3.63) is 36.5 Å². The number of hydrogen-bond donors (Lipinski definition) is 0. The lowest BCUT2D eigenvalue weighted by Crippen LogP contribution is -2.30. The Kier molecular flexibility index (Phi) is 64.1. The smallest absolute Gasteiger partial charge is 0.306 e. The average Bonchev–Trinajstić information content (AvgIpc) is 3.43. The van der Waals surface area contributed by atoms with E-state index in [1.54, 1.807) is 0 Å². The first-order valence-corrected chi connectivity index (χ1v) is 34.5. The summed E-state index contributed by atoms with van der Waals surface area (Å²) >= 11 is 0. The molecule has 77 heavy (non-hydrogen) atoms. The maximum atomic E-state index is 12.9. The van der Waals surface area contributed by atoms with Crippen LogP contribution in [-0.4, -0.2) is 37.2 Å². The van der Waals surface area contributed by atoms with E-state index in [4.69, 9.17) is 14.2 Å². The summed E-state index contributed by atoms with van der Waals surface area (Å²) in [6.45, 7) is 6.68. The van der Waals surface area contributed by atoms with Crippen LogP contribution in [-0.2, 0) is 28.6 Å². The Labute approximate surface area is 480 Å². The quantitative estimate of drug-likeness (QED) is 0.0261. The molecule has 0 aromatic carbocycles. The molecule has 0 N–H and O–H groups in total. The van der Waals surface area contributed by atoms with E-state index < -0.39 is 6.10 Å². The van der Waals surface area contributed by atoms with E-state index in [9.17, 15) is 14.4 Å². The van der Waals surface area contributed by atoms with Crippen molar-refractivity contribution in [2.75, 3.05) is 13.2 Å². The zero-order valence-corrected chi connectivity index (χ0v) is 52.0. The third-order valence-corrected chi connectivity index (χ3v) is 15.6. The van der Waals surface area contributed by atoms with Crippen LogP contribution in [0.1, 0.15) is 380 Å². The van der Waals surface area contributed by atoms with E-state index in [-0.39, 0.29) is 31.1 Å². The van der Waals surface area contributed by atoms with Crippen molar-refractivity contribution in [2.45, 2.75) is 386 Å². The Morgan fingerprint density at radius 2 is 0.468 bits per heavy atom. The first kappa shape index (κ1) is 74.6. The number of ether oxygens (including phenoxy) is 3. The molecule has 0 saturated heterocycles. The highest BCUT2D eigenvalue weighted by molar-refractivity contribution is 5.71. The molecule has 0 heterocycles. The molecule has 0 saturated carbocycles. The molecule has 1 atom stereocenters. The summed E-state index contributed by atoms with van der Waals surface area (Å²) in [5, 5.41) is 0. The van der Waals surface area contributed by atoms with Crippen LogP contribution in [0.3, 0.4) is 0 Å². The van der Waals surface area contributed by atoms with Gasteiger partial charge in [-0.2, -0.15) is 0 Å². The van der Waals surface area contributed by atoms with Crippen molar-refractivity contribution in [1.82, 2.24) is 0 Å². The molecule has 0 aliphatic rings. The van der Waals surface area contributed by atoms with Gasteiger partial charge in [-0.25, -0.2) is 0 Å². The minimum Gasteiger partial charge on any atom is -0.462 e. The molecular formula is C71H132O6. The average molecular weight is 1080 g/mol. The minimum atomic E-state index is -0.777. The topological polar surface area (TPSA) is 78.9 Å². The molecule has 0 aliphatic carbocycles. The molecule has 0 fully saturated rings. The number of allylic oxidation sites excluding steroid dienone is 6. The molecular weight excluding hydrogens is 949 g/mol. The number of carbonyl (C=O) groups is 3. The van der Waals surface area contributed by atoms with Crippen molar-refractivity contribution < 1.29 is 28.6 Å². The van der Waals surface area contributed by atoms with E-state index >= 15 is 0 Å². The van der Waals surface area contributed by atoms with Gasteiger partial charge >= 0.3 is 17.9 Å². The normalized spacial score (nSPS) is 12.2. The first-order chi connectivity index (χ1) is 38.0. The van der Waals surface area contributed by atoms with Gasteiger partial charge in [0.05, 0.1) is 0 Å². The predicted octanol–water partition coefficient (Wildman–Crippen LogP) is 23.6. The van der Waals surface area contributed by atoms with Gasteiger partial charge in [-0.15, -0.1) is 0 Å². The Morgan fingerprint density at radius 3 is 0.753 bits per heavy atom. The second-order valence-corrected chi connectivity index (χ2v) is 23.4. The summed E-state index contributed by atoms with van der Waals surface area (Å²) in [7, 11) is 0. The van der Waals surface area contributed by atoms with Crippen LogP contribution in [0, 0.1) is 0 Å². The van der Waals surface area contributed by atoms with Gasteiger partial charge in [0.1, 0.15) is 13.2 Å². The van der Waals surface area contributed by atoms with E-state index in [1.165, 1.54) is 270 Å². The fourth-order valence-corrected chi connectivity index (χ4v) is 10.4. The van der Waals surface area contributed by atoms with Gasteiger partial charge in [-0.05, 0) is 77.0 Å². The molecule has 0 radical (unpaired) electrons. The second kappa shape index (κ2) is 66.1. The maximum absolute atomic E-state index is 12.9. The van der Waals surface area contributed by atoms with Crippen molar-refractivity contribution in [1.29, 1.82) is 0 Å². The summed E-state index contributed by atoms with van der Waals surface area (Å²) in [5.74, 6) is -0.857. The third kappa shape index (κ3) is 64.3. The third-order valence-electron chi connectivity index (χ3n) is 15.6. The predicted molar refractivity (Wildman–Crippen MR) is 335 cm³/mol. The van der Waals surface area contributed by atoms with Crippen LogP contribution in [0.5, 0.6) is 0 Å². The zero-order chi connectivity index (χ0) is 55.7. The van der Waals surface area contributed by atoms with Crippen LogP contribution >= 0.6 is 0 Å². The zero-order valence-electron chi connectivity index (χ0n) is 52.0. The highest BCUT2D eigenvalue weighted by Gasteiger charge is 2.19. The summed E-state index contributed by atoms with van der Waals surface area (Å²) in [5.41, 5.74) is 0. The van der Waals surface area contributed by atoms with Crippen molar-refractivity contribution >= 4 is 17.9 Å². The summed E-state index contributed by atoms with van der Waals surface area (Å²) in [6, 6.07) is 0. The van der Waals surface area contributed by atoms with Gasteiger partial charge in [0.25, 0.3) is 0 Å². The highest BCUT2D eigenvalue weighted by Crippen LogP contribution is 2.18. The lowest BCUT2D eigenvalue weighted by atomic mass is 10.0. The van der Waals surface area contributed by atoms with E-state index in [2.05, 4.69) is 57.2 Å². The van der Waals surface area contributed by atoms with Crippen LogP contribution in [0.2, 0.25) is 0 Å². The fraction of sp³-hybridized carbons (Fsp3) is 0.873. The minimum absolute atomic E-state index is 0.0719. The number of unbranched alkanes of at least 4 members (excludes halogenated alkanes) is 47. The number of carbonyl (C=O) groups excluding carboxylic acids is 3. The van der Waals surface area contributed by atoms with Crippen molar-refractivity contribution in [2.24, 2.45) is 0 Å². The molecule has 0 spiro atoms. The van der Waals surface area contributed by atoms with Crippen LogP contribution in [0.4, 0.5) is 0 Å². The largest absolute Gasteiger partial charge is 0.462 e. The number of rotatable bonds is 64. The molecule has 6 heteroatoms. The van der Waals surface area contributed by atoms with E-state index in [0.717, 1.165) is 70.6 Å². The molecule has 1 unspecified atom stereocenters. The molecule has 0 amide bonds. The first-order valence-electron chi connectivity index (χ1n) is 34.5. The lowest BCUT2D eigenvalue weighted by Gasteiger charge is -2.18. The lowest BCUT2D eigenvalue weighted by molar-refractivity contribution is -0.167. The molecule has 0 rings (SSSR count). The summed E-state index contributed by atoms with van der Waals surface area (Å²) in [6.07, 6.45) is 81.6. The van der Waals surface area contributed by atoms with Gasteiger partial charge in [0, 0.05) is 19.3 Å². The molecule has 0 aromatic heterocycles. The highest BCUT2D eigenvalue weighted by atomic mass is 16.6. The van der Waals surface area contributed by atoms with Gasteiger partial charge in [0.2, 0.25) is 0 Å². The number of hydrogen-bond acceptors (Lipinski definition) is 6. The van der Waals surface area contributed by atoms with Crippen molar-refractivity contribution in [3.63, 3.8) is 0 Å². The molecule has 0 aromatic rings. The fourth-order valence-electron chi connectivity index (χ4n) is 10.4. The van der Waals surface area contributed by atoms with E-state index in [0.29, 0.717) is 19.3 Å². The van der Waals surface area contributed by atoms with Gasteiger partial charge in [-0.1, -0.05) is 320 Å². The Bertz CT molecular complexity index is 1290. The van der Waals surface area contributed by atoms with Crippen LogP contribution < -0.4 is 0 Å². The Balaban J connectivity index is 4.29. The molecule has 0 bridgehead atoms. The molecule has 0 aliphatic heterocycles. The van der Waals surface area contributed by atoms with Crippen LogP contribution in [0.15, 0.2) is 36.5 Å². The van der Waals surface area contributed by atoms with Crippen LogP contribution in [0.25, 0.3) is 0 Å². The van der Waals surface area contributed by atoms with Gasteiger partial charge < -0.3 is 14.2 Å². The summed E-state index contributed by atoms with van der Waals surface area (Å²) in [4.78, 5) is 38.4. The number of esters is 3. The van der Waals surface area contributed by atoms with Crippen molar-refractivity contribution in [3.8, 4) is 0 Å². The molecule has 6 nitrogen and oxygen atoms in total. The maximum Gasteiger partial charge on any atom is 0.306 e. The van der Waals surface area contributed by atoms with E-state index in [1.807, 2.05) is 0 Å². The SMILES string of the molecule is CCCCC/C=C\C/C=C\CCCCCCCCCCCC(=O)OC(COC(=O)CCCCCCC/C=C\CCCCCCCCC)COC(=O)CCCCCCCCCCCCCCCCCCCCCCCCCC.